The highest BCUT2D eigenvalue weighted by atomic mass is 19.1. The van der Waals surface area contributed by atoms with Crippen molar-refractivity contribution in [2.75, 3.05) is 0 Å². The number of ether oxygens (including phenoxy) is 2. The fourth-order valence-electron chi connectivity index (χ4n) is 2.49. The Bertz CT molecular complexity index is 808. The van der Waals surface area contributed by atoms with Gasteiger partial charge in [0.2, 0.25) is 5.88 Å². The van der Waals surface area contributed by atoms with E-state index in [1.54, 1.807) is 6.92 Å². The van der Waals surface area contributed by atoms with Crippen LogP contribution in [0.2, 0.25) is 0 Å². The van der Waals surface area contributed by atoms with Gasteiger partial charge in [0.15, 0.2) is 0 Å². The van der Waals surface area contributed by atoms with E-state index >= 15 is 0 Å². The second-order valence-corrected chi connectivity index (χ2v) is 6.17. The summed E-state index contributed by atoms with van der Waals surface area (Å²) in [5, 5.41) is 0. The van der Waals surface area contributed by atoms with Gasteiger partial charge in [-0.1, -0.05) is 42.5 Å². The summed E-state index contributed by atoms with van der Waals surface area (Å²) in [5.41, 5.74) is 2.85. The molecule has 0 aromatic heterocycles. The van der Waals surface area contributed by atoms with Crippen LogP contribution in [0.4, 0.5) is 4.39 Å². The fraction of sp³-hybridized carbons (Fsp3) is 0.227. The maximum Gasteiger partial charge on any atom is 0.209 e. The number of allylic oxidation sites excluding steroid dienone is 3. The molecule has 0 aliphatic carbocycles. The second-order valence-electron chi connectivity index (χ2n) is 6.17. The highest BCUT2D eigenvalue weighted by Crippen LogP contribution is 2.19. The van der Waals surface area contributed by atoms with Gasteiger partial charge in [0, 0.05) is 0 Å². The molecule has 0 amide bonds. The lowest BCUT2D eigenvalue weighted by molar-refractivity contribution is 0.195. The minimum Gasteiger partial charge on any atom is -0.489 e. The van der Waals surface area contributed by atoms with Crippen molar-refractivity contribution in [3.8, 4) is 5.75 Å². The predicted octanol–water partition coefficient (Wildman–Crippen LogP) is 5.73. The fourth-order valence-corrected chi connectivity index (χ4v) is 2.49. The first kappa shape index (κ1) is 17.9. The lowest BCUT2D eigenvalue weighted by Gasteiger charge is -2.10. The summed E-state index contributed by atoms with van der Waals surface area (Å²) in [6.07, 6.45) is 4.51. The van der Waals surface area contributed by atoms with Crippen molar-refractivity contribution in [2.24, 2.45) is 4.99 Å². The summed E-state index contributed by atoms with van der Waals surface area (Å²) in [5.74, 6) is 0.986. The van der Waals surface area contributed by atoms with Crippen molar-refractivity contribution < 1.29 is 13.9 Å². The molecule has 4 heteroatoms. The molecular weight excluding hydrogens is 329 g/mol. The van der Waals surface area contributed by atoms with Crippen LogP contribution in [0.25, 0.3) is 0 Å². The molecule has 134 valence electrons. The van der Waals surface area contributed by atoms with Crippen LogP contribution >= 0.6 is 0 Å². The van der Waals surface area contributed by atoms with E-state index in [2.05, 4.69) is 4.99 Å². The Hall–Kier alpha value is -2.88. The first-order valence-electron chi connectivity index (χ1n) is 8.68. The maximum atomic E-state index is 13.6. The first-order chi connectivity index (χ1) is 12.7. The third-order valence-corrected chi connectivity index (χ3v) is 4.11. The van der Waals surface area contributed by atoms with Crippen LogP contribution in [-0.4, -0.2) is 6.21 Å². The van der Waals surface area contributed by atoms with Gasteiger partial charge in [0.05, 0.1) is 6.21 Å². The quantitative estimate of drug-likeness (QED) is 0.665. The van der Waals surface area contributed by atoms with Crippen LogP contribution in [0, 0.1) is 0 Å². The molecule has 0 saturated carbocycles. The van der Waals surface area contributed by atoms with Crippen molar-refractivity contribution >= 4 is 6.21 Å². The van der Waals surface area contributed by atoms with E-state index in [0.29, 0.717) is 25.5 Å². The second kappa shape index (κ2) is 8.99. The van der Waals surface area contributed by atoms with Gasteiger partial charge in [0.25, 0.3) is 0 Å². The van der Waals surface area contributed by atoms with E-state index in [1.807, 2.05) is 60.7 Å². The zero-order valence-corrected chi connectivity index (χ0v) is 14.8. The summed E-state index contributed by atoms with van der Waals surface area (Å²) in [7, 11) is 0. The van der Waals surface area contributed by atoms with Crippen LogP contribution in [0.3, 0.4) is 0 Å². The molecule has 0 atom stereocenters. The highest BCUT2D eigenvalue weighted by molar-refractivity contribution is 5.77. The van der Waals surface area contributed by atoms with Crippen molar-refractivity contribution in [1.82, 2.24) is 0 Å². The molecule has 2 aromatic carbocycles. The average Bonchev–Trinajstić information content (AvgIpc) is 2.68. The molecule has 26 heavy (non-hydrogen) atoms. The summed E-state index contributed by atoms with van der Waals surface area (Å²) >= 11 is 0. The third kappa shape index (κ3) is 5.31. The van der Waals surface area contributed by atoms with Crippen LogP contribution in [0.5, 0.6) is 5.75 Å². The molecule has 0 bridgehead atoms. The smallest absolute Gasteiger partial charge is 0.209 e. The van der Waals surface area contributed by atoms with E-state index in [-0.39, 0.29) is 5.83 Å². The molecule has 1 aliphatic heterocycles. The topological polar surface area (TPSA) is 30.8 Å². The molecule has 0 spiro atoms. The molecule has 1 aliphatic rings. The molecule has 2 aromatic rings. The average molecular weight is 351 g/mol. The van der Waals surface area contributed by atoms with Gasteiger partial charge in [-0.25, -0.2) is 9.38 Å². The van der Waals surface area contributed by atoms with Crippen molar-refractivity contribution in [3.63, 3.8) is 0 Å². The summed E-state index contributed by atoms with van der Waals surface area (Å²) in [6.45, 7) is 2.70. The standard InChI is InChI=1S/C22H22FNO2/c1-17-6-5-9-22(24-14-21(17)23)26-16-19-10-12-20(13-11-19)25-15-18-7-3-2-4-8-18/h2-4,7-14H,5-6,15-16H2,1H3/b21-17+,22-9-,24-14+. The van der Waals surface area contributed by atoms with Crippen LogP contribution in [0.1, 0.15) is 30.9 Å². The Balaban J connectivity index is 1.51. The number of aliphatic imine (C=N–C) groups is 1. The Kier molecular flexibility index (Phi) is 6.20. The largest absolute Gasteiger partial charge is 0.489 e. The number of benzene rings is 2. The van der Waals surface area contributed by atoms with Crippen LogP contribution < -0.4 is 4.74 Å². The zero-order chi connectivity index (χ0) is 18.2. The van der Waals surface area contributed by atoms with Gasteiger partial charge < -0.3 is 9.47 Å². The number of halogens is 1. The summed E-state index contributed by atoms with van der Waals surface area (Å²) in [4.78, 5) is 4.07. The SMILES string of the molecule is C/C1=C(F)/C=N/C(OCc2ccc(OCc3ccccc3)cc2)=C/CC1. The van der Waals surface area contributed by atoms with Crippen molar-refractivity contribution in [2.45, 2.75) is 33.0 Å². The molecule has 0 unspecified atom stereocenters. The maximum absolute atomic E-state index is 13.6. The van der Waals surface area contributed by atoms with Gasteiger partial charge in [-0.2, -0.15) is 0 Å². The molecule has 1 heterocycles. The molecule has 0 N–H and O–H groups in total. The highest BCUT2D eigenvalue weighted by Gasteiger charge is 2.05. The molecule has 0 fully saturated rings. The zero-order valence-electron chi connectivity index (χ0n) is 14.8. The number of nitrogens with zero attached hydrogens (tertiary/aromatic N) is 1. The Morgan fingerprint density at radius 2 is 1.62 bits per heavy atom. The normalized spacial score (nSPS) is 20.5. The van der Waals surface area contributed by atoms with Crippen LogP contribution in [0.15, 0.2) is 82.9 Å². The summed E-state index contributed by atoms with van der Waals surface area (Å²) < 4.78 is 25.1. The molecule has 0 radical (unpaired) electrons. The first-order valence-corrected chi connectivity index (χ1v) is 8.68. The lowest BCUT2D eigenvalue weighted by atomic mass is 10.1. The predicted molar refractivity (Wildman–Crippen MR) is 102 cm³/mol. The van der Waals surface area contributed by atoms with E-state index < -0.39 is 0 Å². The Morgan fingerprint density at radius 1 is 0.923 bits per heavy atom. The number of hydrogen-bond donors (Lipinski definition) is 0. The van der Waals surface area contributed by atoms with Gasteiger partial charge in [-0.3, -0.25) is 0 Å². The Labute approximate surface area is 153 Å². The van der Waals surface area contributed by atoms with E-state index in [1.165, 1.54) is 6.21 Å². The minimum absolute atomic E-state index is 0.279. The number of hydrogen-bond acceptors (Lipinski definition) is 3. The molecule has 3 nitrogen and oxygen atoms in total. The third-order valence-electron chi connectivity index (χ3n) is 4.11. The minimum atomic E-state index is -0.279. The molecule has 3 rings (SSSR count). The van der Waals surface area contributed by atoms with Gasteiger partial charge in [-0.15, -0.1) is 0 Å². The monoisotopic (exact) mass is 351 g/mol. The van der Waals surface area contributed by atoms with Gasteiger partial charge in [-0.05, 0) is 54.7 Å². The van der Waals surface area contributed by atoms with E-state index in [9.17, 15) is 4.39 Å². The lowest BCUT2D eigenvalue weighted by Crippen LogP contribution is -1.97. The molecular formula is C22H22FNO2. The van der Waals surface area contributed by atoms with Crippen molar-refractivity contribution in [3.05, 3.63) is 89.1 Å². The van der Waals surface area contributed by atoms with Gasteiger partial charge in [0.1, 0.15) is 24.8 Å². The Morgan fingerprint density at radius 3 is 2.38 bits per heavy atom. The van der Waals surface area contributed by atoms with E-state index in [0.717, 1.165) is 28.9 Å². The van der Waals surface area contributed by atoms with Crippen LogP contribution in [-0.2, 0) is 18.0 Å². The van der Waals surface area contributed by atoms with E-state index in [4.69, 9.17) is 9.47 Å². The number of rotatable bonds is 6. The van der Waals surface area contributed by atoms with Crippen molar-refractivity contribution in [1.29, 1.82) is 0 Å². The molecule has 0 saturated heterocycles. The summed E-state index contributed by atoms with van der Waals surface area (Å²) in [6, 6.07) is 17.8. The van der Waals surface area contributed by atoms with Gasteiger partial charge >= 0.3 is 0 Å².